The molecule has 1 fully saturated rings. The first-order chi connectivity index (χ1) is 11.6. The fourth-order valence-electron chi connectivity index (χ4n) is 3.56. The molecule has 3 heteroatoms. The van der Waals surface area contributed by atoms with Crippen molar-refractivity contribution in [3.8, 4) is 0 Å². The van der Waals surface area contributed by atoms with Crippen LogP contribution in [0.15, 0.2) is 59.5 Å². The lowest BCUT2D eigenvalue weighted by Crippen LogP contribution is -2.19. The van der Waals surface area contributed by atoms with Gasteiger partial charge in [0.25, 0.3) is 0 Å². The van der Waals surface area contributed by atoms with Crippen molar-refractivity contribution < 1.29 is 9.00 Å². The summed E-state index contributed by atoms with van der Waals surface area (Å²) in [6.45, 7) is 2.04. The Bertz CT molecular complexity index is 706. The lowest BCUT2D eigenvalue weighted by atomic mass is 9.90. The first-order valence-electron chi connectivity index (χ1n) is 8.67. The molecule has 24 heavy (non-hydrogen) atoms. The van der Waals surface area contributed by atoms with E-state index in [1.54, 1.807) is 0 Å². The van der Waals surface area contributed by atoms with Gasteiger partial charge in [0.1, 0.15) is 0 Å². The van der Waals surface area contributed by atoms with Crippen LogP contribution in [0.2, 0.25) is 0 Å². The van der Waals surface area contributed by atoms with E-state index in [9.17, 15) is 9.00 Å². The molecule has 2 aromatic carbocycles. The summed E-state index contributed by atoms with van der Waals surface area (Å²) in [6.07, 6.45) is 3.89. The van der Waals surface area contributed by atoms with Crippen LogP contribution in [0.5, 0.6) is 0 Å². The van der Waals surface area contributed by atoms with E-state index >= 15 is 0 Å². The van der Waals surface area contributed by atoms with Gasteiger partial charge < -0.3 is 0 Å². The second kappa shape index (κ2) is 7.89. The Morgan fingerprint density at radius 3 is 2.38 bits per heavy atom. The molecule has 2 nitrogen and oxygen atoms in total. The van der Waals surface area contributed by atoms with Crippen molar-refractivity contribution in [3.05, 3.63) is 65.7 Å². The number of hydrogen-bond acceptors (Lipinski definition) is 2. The van der Waals surface area contributed by atoms with Gasteiger partial charge in [-0.1, -0.05) is 54.4 Å². The fourth-order valence-corrected chi connectivity index (χ4v) is 5.02. The summed E-state index contributed by atoms with van der Waals surface area (Å²) in [5.74, 6) is 1.65. The zero-order chi connectivity index (χ0) is 16.9. The van der Waals surface area contributed by atoms with Gasteiger partial charge in [0, 0.05) is 22.6 Å². The zero-order valence-corrected chi connectivity index (χ0v) is 14.9. The predicted molar refractivity (Wildman–Crippen MR) is 98.7 cm³/mol. The Kier molecular flexibility index (Phi) is 5.62. The van der Waals surface area contributed by atoms with E-state index in [4.69, 9.17) is 0 Å². The monoisotopic (exact) mass is 340 g/mol. The largest absolute Gasteiger partial charge is 0.294 e. The van der Waals surface area contributed by atoms with Gasteiger partial charge in [0.2, 0.25) is 0 Å². The van der Waals surface area contributed by atoms with E-state index in [2.05, 4.69) is 0 Å². The number of rotatable bonds is 6. The van der Waals surface area contributed by atoms with E-state index in [0.717, 1.165) is 29.7 Å². The molecule has 0 N–H and O–H groups in total. The first kappa shape index (κ1) is 17.1. The third-order valence-corrected chi connectivity index (χ3v) is 6.54. The Hall–Kier alpha value is -1.74. The summed E-state index contributed by atoms with van der Waals surface area (Å²) in [7, 11) is -0.973. The van der Waals surface area contributed by atoms with Gasteiger partial charge in [-0.25, -0.2) is 0 Å². The van der Waals surface area contributed by atoms with Crippen LogP contribution in [0.25, 0.3) is 0 Å². The van der Waals surface area contributed by atoms with Gasteiger partial charge in [-0.15, -0.1) is 0 Å². The third-order valence-electron chi connectivity index (χ3n) is 5.01. The molecule has 2 aromatic rings. The molecule has 0 radical (unpaired) electrons. The SMILES string of the molecule is Cc1ccc(S(=O)C[C@@H]2CCC[C@@H]2CC(=O)c2ccccc2)cc1. The van der Waals surface area contributed by atoms with E-state index in [1.807, 2.05) is 61.5 Å². The van der Waals surface area contributed by atoms with Crippen LogP contribution >= 0.6 is 0 Å². The maximum atomic E-state index is 12.6. The van der Waals surface area contributed by atoms with Crippen LogP contribution in [0.3, 0.4) is 0 Å². The third kappa shape index (κ3) is 4.21. The molecule has 0 saturated heterocycles. The molecule has 0 aliphatic heterocycles. The van der Waals surface area contributed by atoms with Crippen molar-refractivity contribution in [3.63, 3.8) is 0 Å². The Morgan fingerprint density at radius 2 is 1.67 bits per heavy atom. The maximum absolute atomic E-state index is 12.6. The van der Waals surface area contributed by atoms with Crippen molar-refractivity contribution in [1.29, 1.82) is 0 Å². The van der Waals surface area contributed by atoms with Gasteiger partial charge in [0.05, 0.1) is 10.8 Å². The Balaban J connectivity index is 1.62. The summed E-state index contributed by atoms with van der Waals surface area (Å²) in [6, 6.07) is 17.5. The molecular weight excluding hydrogens is 316 g/mol. The average molecular weight is 340 g/mol. The minimum absolute atomic E-state index is 0.216. The Morgan fingerprint density at radius 1 is 1.00 bits per heavy atom. The van der Waals surface area contributed by atoms with Crippen molar-refractivity contribution in [1.82, 2.24) is 0 Å². The molecular formula is C21H24O2S. The van der Waals surface area contributed by atoms with Gasteiger partial charge >= 0.3 is 0 Å². The normalized spacial score (nSPS) is 21.5. The van der Waals surface area contributed by atoms with Crippen LogP contribution in [0.1, 0.15) is 41.6 Å². The van der Waals surface area contributed by atoms with Crippen molar-refractivity contribution >= 4 is 16.6 Å². The zero-order valence-electron chi connectivity index (χ0n) is 14.1. The molecule has 1 saturated carbocycles. The molecule has 0 heterocycles. The van der Waals surface area contributed by atoms with Crippen molar-refractivity contribution in [2.45, 2.75) is 37.5 Å². The molecule has 1 aliphatic carbocycles. The summed E-state index contributed by atoms with van der Waals surface area (Å²) in [4.78, 5) is 13.4. The minimum atomic E-state index is -0.973. The van der Waals surface area contributed by atoms with E-state index in [1.165, 1.54) is 5.56 Å². The predicted octanol–water partition coefficient (Wildman–Crippen LogP) is 4.79. The smallest absolute Gasteiger partial charge is 0.163 e. The average Bonchev–Trinajstić information content (AvgIpc) is 3.03. The van der Waals surface area contributed by atoms with Crippen molar-refractivity contribution in [2.75, 3.05) is 5.75 Å². The summed E-state index contributed by atoms with van der Waals surface area (Å²) >= 11 is 0. The molecule has 0 bridgehead atoms. The lowest BCUT2D eigenvalue weighted by Gasteiger charge is -2.18. The van der Waals surface area contributed by atoms with Crippen LogP contribution in [-0.4, -0.2) is 15.7 Å². The standard InChI is InChI=1S/C21H24O2S/c1-16-10-12-20(13-11-16)24(23)15-19-9-5-8-18(19)14-21(22)17-6-3-2-4-7-17/h2-4,6-7,10-13,18-19H,5,8-9,14-15H2,1H3/t18-,19+,24?/m1/s1. The highest BCUT2D eigenvalue weighted by molar-refractivity contribution is 7.85. The molecule has 1 aliphatic rings. The molecule has 0 spiro atoms. The van der Waals surface area contributed by atoms with Crippen LogP contribution in [-0.2, 0) is 10.8 Å². The molecule has 126 valence electrons. The maximum Gasteiger partial charge on any atom is 0.163 e. The van der Waals surface area contributed by atoms with Crippen LogP contribution in [0.4, 0.5) is 0 Å². The lowest BCUT2D eigenvalue weighted by molar-refractivity contribution is 0.0953. The number of aryl methyl sites for hydroxylation is 1. The summed E-state index contributed by atoms with van der Waals surface area (Å²) < 4.78 is 12.6. The molecule has 0 aromatic heterocycles. The van der Waals surface area contributed by atoms with Crippen molar-refractivity contribution in [2.24, 2.45) is 11.8 Å². The minimum Gasteiger partial charge on any atom is -0.294 e. The number of carbonyl (C=O) groups is 1. The Labute approximate surface area is 146 Å². The number of ketones is 1. The molecule has 3 rings (SSSR count). The van der Waals surface area contributed by atoms with E-state index < -0.39 is 10.8 Å². The molecule has 3 atom stereocenters. The fraction of sp³-hybridized carbons (Fsp3) is 0.381. The van der Waals surface area contributed by atoms with Gasteiger partial charge in [-0.05, 0) is 43.7 Å². The number of Topliss-reactive ketones (excluding diaryl/α,β-unsaturated/α-hetero) is 1. The van der Waals surface area contributed by atoms with E-state index in [0.29, 0.717) is 24.0 Å². The molecule has 1 unspecified atom stereocenters. The highest BCUT2D eigenvalue weighted by Gasteiger charge is 2.30. The second-order valence-corrected chi connectivity index (χ2v) is 8.27. The second-order valence-electron chi connectivity index (χ2n) is 6.77. The van der Waals surface area contributed by atoms with Gasteiger partial charge in [-0.3, -0.25) is 9.00 Å². The van der Waals surface area contributed by atoms with Crippen LogP contribution < -0.4 is 0 Å². The topological polar surface area (TPSA) is 34.1 Å². The number of hydrogen-bond donors (Lipinski definition) is 0. The first-order valence-corrected chi connectivity index (χ1v) is 9.98. The van der Waals surface area contributed by atoms with Crippen LogP contribution in [0, 0.1) is 18.8 Å². The highest BCUT2D eigenvalue weighted by atomic mass is 32.2. The van der Waals surface area contributed by atoms with E-state index in [-0.39, 0.29) is 5.78 Å². The number of carbonyl (C=O) groups excluding carboxylic acids is 1. The summed E-state index contributed by atoms with van der Waals surface area (Å²) in [5, 5.41) is 0. The summed E-state index contributed by atoms with van der Waals surface area (Å²) in [5.41, 5.74) is 1.98. The van der Waals surface area contributed by atoms with Gasteiger partial charge in [-0.2, -0.15) is 0 Å². The number of benzene rings is 2. The highest BCUT2D eigenvalue weighted by Crippen LogP contribution is 2.36. The quantitative estimate of drug-likeness (QED) is 0.708. The molecule has 0 amide bonds. The van der Waals surface area contributed by atoms with Gasteiger partial charge in [0.15, 0.2) is 5.78 Å².